The first-order valence-electron chi connectivity index (χ1n) is 10.3. The molecule has 1 aliphatic heterocycles. The average molecular weight is 462 g/mol. The largest absolute Gasteiger partial charge is 0.482 e. The third-order valence-electron chi connectivity index (χ3n) is 5.28. The van der Waals surface area contributed by atoms with Crippen LogP contribution < -0.4 is 20.8 Å². The van der Waals surface area contributed by atoms with Crippen LogP contribution in [-0.4, -0.2) is 33.0 Å². The Morgan fingerprint density at radius 2 is 2.09 bits per heavy atom. The summed E-state index contributed by atoms with van der Waals surface area (Å²) in [5.41, 5.74) is 2.97. The molecule has 10 heteroatoms. The molecule has 2 amide bonds. The summed E-state index contributed by atoms with van der Waals surface area (Å²) in [5.74, 6) is -0.156. The predicted octanol–water partition coefficient (Wildman–Crippen LogP) is 3.43. The van der Waals surface area contributed by atoms with Crippen molar-refractivity contribution >= 4 is 45.0 Å². The maximum Gasteiger partial charge on any atom is 0.262 e. The first kappa shape index (κ1) is 20.8. The van der Waals surface area contributed by atoms with Gasteiger partial charge < -0.3 is 14.6 Å². The average Bonchev–Trinajstić information content (AvgIpc) is 3.27. The number of thiazole rings is 1. The van der Waals surface area contributed by atoms with Gasteiger partial charge in [-0.2, -0.15) is 0 Å². The van der Waals surface area contributed by atoms with Crippen LogP contribution in [-0.2, 0) is 11.3 Å². The van der Waals surface area contributed by atoms with Gasteiger partial charge in [0.25, 0.3) is 11.8 Å². The predicted molar refractivity (Wildman–Crippen MR) is 126 cm³/mol. The second kappa shape index (κ2) is 8.14. The molecular weight excluding hydrogens is 442 g/mol. The normalized spacial score (nSPS) is 12.7. The lowest BCUT2D eigenvalue weighted by atomic mass is 10.1. The molecule has 1 aromatic carbocycles. The number of hydrogen-bond acceptors (Lipinski definition) is 7. The summed E-state index contributed by atoms with van der Waals surface area (Å²) < 4.78 is 7.16. The van der Waals surface area contributed by atoms with Crippen molar-refractivity contribution in [3.63, 3.8) is 0 Å². The zero-order valence-corrected chi connectivity index (χ0v) is 18.7. The molecule has 0 unspecified atom stereocenters. The lowest BCUT2D eigenvalue weighted by molar-refractivity contribution is -0.118. The number of carbonyl (C=O) groups excluding carboxylic acids is 2. The van der Waals surface area contributed by atoms with Gasteiger partial charge in [-0.3, -0.25) is 19.7 Å². The van der Waals surface area contributed by atoms with Gasteiger partial charge in [0, 0.05) is 29.4 Å². The van der Waals surface area contributed by atoms with E-state index in [0.29, 0.717) is 39.8 Å². The fraction of sp³-hybridized carbons (Fsp3) is 0.174. The van der Waals surface area contributed by atoms with Crippen molar-refractivity contribution in [2.45, 2.75) is 20.4 Å². The van der Waals surface area contributed by atoms with E-state index in [4.69, 9.17) is 4.74 Å². The fourth-order valence-electron chi connectivity index (χ4n) is 3.63. The minimum atomic E-state index is -0.531. The maximum absolute atomic E-state index is 13.0. The molecule has 2 N–H and O–H groups in total. The highest BCUT2D eigenvalue weighted by molar-refractivity contribution is 7.14. The van der Waals surface area contributed by atoms with Gasteiger partial charge in [-0.05, 0) is 44.2 Å². The second-order valence-corrected chi connectivity index (χ2v) is 8.38. The van der Waals surface area contributed by atoms with Crippen LogP contribution in [0.15, 0.2) is 46.7 Å². The molecule has 0 bridgehead atoms. The summed E-state index contributed by atoms with van der Waals surface area (Å²) in [6.07, 6.45) is 1.53. The number of benzene rings is 1. The highest BCUT2D eigenvalue weighted by Crippen LogP contribution is 2.33. The molecular formula is C23H19N5O4S. The molecule has 0 fully saturated rings. The third-order valence-corrected chi connectivity index (χ3v) is 6.04. The SMILES string of the molecule is CCn1cc(C(=O)Nc2nc(-c3ccc4c(c3)NC(=O)CO4)cs2)c(=O)c2ccc(C)nc21. The Balaban J connectivity index is 1.43. The molecule has 0 radical (unpaired) electrons. The van der Waals surface area contributed by atoms with Crippen molar-refractivity contribution in [3.05, 3.63) is 63.4 Å². The number of aromatic nitrogens is 3. The van der Waals surface area contributed by atoms with E-state index in [0.717, 1.165) is 11.3 Å². The van der Waals surface area contributed by atoms with E-state index in [1.165, 1.54) is 17.5 Å². The van der Waals surface area contributed by atoms with Gasteiger partial charge in [0.2, 0.25) is 5.43 Å². The number of hydrogen-bond donors (Lipinski definition) is 2. The standard InChI is InChI=1S/C23H19N5O4S/c1-3-28-9-15(20(30)14-6-4-12(2)24-21(14)28)22(31)27-23-26-17(11-33-23)13-5-7-18-16(8-13)25-19(29)10-32-18/h4-9,11H,3,10H2,1-2H3,(H,25,29)(H,26,27,31). The molecule has 4 heterocycles. The molecule has 0 atom stereocenters. The second-order valence-electron chi connectivity index (χ2n) is 7.52. The lowest BCUT2D eigenvalue weighted by Gasteiger charge is -2.18. The van der Waals surface area contributed by atoms with E-state index in [9.17, 15) is 14.4 Å². The van der Waals surface area contributed by atoms with Gasteiger partial charge in [-0.15, -0.1) is 11.3 Å². The number of nitrogens with zero attached hydrogens (tertiary/aromatic N) is 3. The van der Waals surface area contributed by atoms with Gasteiger partial charge in [-0.1, -0.05) is 0 Å². The summed E-state index contributed by atoms with van der Waals surface area (Å²) in [7, 11) is 0. The topological polar surface area (TPSA) is 115 Å². The molecule has 0 aliphatic carbocycles. The van der Waals surface area contributed by atoms with Gasteiger partial charge in [-0.25, -0.2) is 9.97 Å². The number of rotatable bonds is 4. The van der Waals surface area contributed by atoms with E-state index in [1.54, 1.807) is 34.2 Å². The van der Waals surface area contributed by atoms with Gasteiger partial charge in [0.1, 0.15) is 17.0 Å². The Labute approximate surface area is 192 Å². The summed E-state index contributed by atoms with van der Waals surface area (Å²) in [5, 5.41) is 8.04. The number of pyridine rings is 2. The third kappa shape index (κ3) is 3.85. The summed E-state index contributed by atoms with van der Waals surface area (Å²) in [4.78, 5) is 46.4. The molecule has 166 valence electrons. The van der Waals surface area contributed by atoms with Crippen LogP contribution in [0.3, 0.4) is 0 Å². The van der Waals surface area contributed by atoms with Crippen molar-refractivity contribution in [3.8, 4) is 17.0 Å². The van der Waals surface area contributed by atoms with E-state index in [2.05, 4.69) is 20.6 Å². The molecule has 0 saturated carbocycles. The van der Waals surface area contributed by atoms with Crippen LogP contribution in [0.4, 0.5) is 10.8 Å². The summed E-state index contributed by atoms with van der Waals surface area (Å²) in [6.45, 7) is 4.33. The molecule has 5 rings (SSSR count). The van der Waals surface area contributed by atoms with Crippen LogP contribution >= 0.6 is 11.3 Å². The van der Waals surface area contributed by atoms with Crippen LogP contribution in [0.25, 0.3) is 22.3 Å². The zero-order valence-electron chi connectivity index (χ0n) is 17.8. The Bertz CT molecular complexity index is 1490. The minimum Gasteiger partial charge on any atom is -0.482 e. The highest BCUT2D eigenvalue weighted by atomic mass is 32.1. The Hall–Kier alpha value is -4.05. The van der Waals surface area contributed by atoms with Crippen molar-refractivity contribution in [1.82, 2.24) is 14.5 Å². The zero-order chi connectivity index (χ0) is 23.1. The van der Waals surface area contributed by atoms with Crippen molar-refractivity contribution in [2.75, 3.05) is 17.2 Å². The molecule has 9 nitrogen and oxygen atoms in total. The first-order chi connectivity index (χ1) is 15.9. The van der Waals surface area contributed by atoms with E-state index >= 15 is 0 Å². The Kier molecular flexibility index (Phi) is 5.14. The number of aryl methyl sites for hydroxylation is 2. The van der Waals surface area contributed by atoms with Crippen LogP contribution in [0, 0.1) is 6.92 Å². The number of amides is 2. The number of nitrogens with one attached hydrogen (secondary N) is 2. The van der Waals surface area contributed by atoms with Crippen LogP contribution in [0.5, 0.6) is 5.75 Å². The van der Waals surface area contributed by atoms with E-state index in [-0.39, 0.29) is 23.5 Å². The van der Waals surface area contributed by atoms with Crippen molar-refractivity contribution < 1.29 is 14.3 Å². The quantitative estimate of drug-likeness (QED) is 0.481. The van der Waals surface area contributed by atoms with Crippen molar-refractivity contribution in [1.29, 1.82) is 0 Å². The molecule has 0 saturated heterocycles. The fourth-order valence-corrected chi connectivity index (χ4v) is 4.35. The van der Waals surface area contributed by atoms with E-state index in [1.807, 2.05) is 19.9 Å². The molecule has 3 aromatic heterocycles. The van der Waals surface area contributed by atoms with Gasteiger partial charge >= 0.3 is 0 Å². The highest BCUT2D eigenvalue weighted by Gasteiger charge is 2.19. The van der Waals surface area contributed by atoms with Crippen LogP contribution in [0.2, 0.25) is 0 Å². The Morgan fingerprint density at radius 3 is 2.91 bits per heavy atom. The molecule has 1 aliphatic rings. The van der Waals surface area contributed by atoms with Crippen molar-refractivity contribution in [2.24, 2.45) is 0 Å². The number of fused-ring (bicyclic) bond motifs is 2. The number of carbonyl (C=O) groups is 2. The first-order valence-corrected chi connectivity index (χ1v) is 11.2. The maximum atomic E-state index is 13.0. The monoisotopic (exact) mass is 461 g/mol. The number of ether oxygens (including phenoxy) is 1. The lowest BCUT2D eigenvalue weighted by Crippen LogP contribution is -2.25. The molecule has 33 heavy (non-hydrogen) atoms. The summed E-state index contributed by atoms with van der Waals surface area (Å²) >= 11 is 1.24. The van der Waals surface area contributed by atoms with E-state index < -0.39 is 5.91 Å². The smallest absolute Gasteiger partial charge is 0.262 e. The number of anilines is 2. The summed E-state index contributed by atoms with van der Waals surface area (Å²) in [6, 6.07) is 8.81. The van der Waals surface area contributed by atoms with Gasteiger partial charge in [0.15, 0.2) is 11.7 Å². The molecule has 0 spiro atoms. The Morgan fingerprint density at radius 1 is 1.24 bits per heavy atom. The minimum absolute atomic E-state index is 0.0105. The van der Waals surface area contributed by atoms with Crippen LogP contribution in [0.1, 0.15) is 23.0 Å². The van der Waals surface area contributed by atoms with Gasteiger partial charge in [0.05, 0.1) is 16.8 Å². The molecule has 4 aromatic rings.